The van der Waals surface area contributed by atoms with Crippen LogP contribution in [0, 0.1) is 24.2 Å². The number of halogens is 1. The SMILES string of the molecule is Cc1c(-c2nc3cc(CN4CCC(C)C4)cc(C#N)c3o2)cccc1-c1cccc(NC(=O)c2nc3c(n2C)CCN(C)C3)c1Cl. The second-order valence-corrected chi connectivity index (χ2v) is 13.1. The number of nitrogens with zero attached hydrogens (tertiary/aromatic N) is 6. The molecule has 1 amide bonds. The average molecular weight is 634 g/mol. The molecule has 3 aromatic carbocycles. The fraction of sp³-hybridized carbons (Fsp3) is 0.333. The molecule has 0 bridgehead atoms. The summed E-state index contributed by atoms with van der Waals surface area (Å²) in [5.41, 5.74) is 8.64. The van der Waals surface area contributed by atoms with E-state index in [1.165, 1.54) is 6.42 Å². The number of rotatable bonds is 6. The zero-order chi connectivity index (χ0) is 32.1. The molecule has 2 aliphatic heterocycles. The first kappa shape index (κ1) is 30.2. The van der Waals surface area contributed by atoms with Crippen LogP contribution in [0.1, 0.15) is 52.0 Å². The van der Waals surface area contributed by atoms with Gasteiger partial charge in [-0.3, -0.25) is 9.69 Å². The highest BCUT2D eigenvalue weighted by molar-refractivity contribution is 6.36. The maximum Gasteiger partial charge on any atom is 0.291 e. The zero-order valence-electron chi connectivity index (χ0n) is 26.5. The van der Waals surface area contributed by atoms with Crippen molar-refractivity contribution in [1.82, 2.24) is 24.3 Å². The molecule has 234 valence electrons. The van der Waals surface area contributed by atoms with Crippen LogP contribution >= 0.6 is 11.6 Å². The van der Waals surface area contributed by atoms with Gasteiger partial charge in [0.2, 0.25) is 5.89 Å². The molecule has 0 spiro atoms. The van der Waals surface area contributed by atoms with Gasteiger partial charge in [0.05, 0.1) is 22.0 Å². The van der Waals surface area contributed by atoms with Gasteiger partial charge in [0.25, 0.3) is 5.91 Å². The molecule has 2 aliphatic rings. The minimum absolute atomic E-state index is 0.303. The van der Waals surface area contributed by atoms with Gasteiger partial charge in [-0.2, -0.15) is 5.26 Å². The molecule has 1 N–H and O–H groups in total. The highest BCUT2D eigenvalue weighted by Crippen LogP contribution is 2.39. The number of oxazole rings is 1. The number of anilines is 1. The third-order valence-electron chi connectivity index (χ3n) is 9.34. The Balaban J connectivity index is 1.19. The number of hydrogen-bond acceptors (Lipinski definition) is 7. The van der Waals surface area contributed by atoms with E-state index in [-0.39, 0.29) is 5.91 Å². The van der Waals surface area contributed by atoms with Crippen LogP contribution in [0.4, 0.5) is 5.69 Å². The van der Waals surface area contributed by atoms with Crippen molar-refractivity contribution in [3.8, 4) is 28.7 Å². The smallest absolute Gasteiger partial charge is 0.291 e. The molecule has 7 rings (SSSR count). The Kier molecular flexibility index (Phi) is 7.89. The predicted octanol–water partition coefficient (Wildman–Crippen LogP) is 6.81. The lowest BCUT2D eigenvalue weighted by molar-refractivity contribution is 0.101. The van der Waals surface area contributed by atoms with E-state index in [1.54, 1.807) is 6.07 Å². The molecule has 0 aliphatic carbocycles. The van der Waals surface area contributed by atoms with Crippen LogP contribution in [0.3, 0.4) is 0 Å². The Morgan fingerprint density at radius 2 is 1.89 bits per heavy atom. The first-order valence-electron chi connectivity index (χ1n) is 15.7. The minimum atomic E-state index is -0.303. The van der Waals surface area contributed by atoms with E-state index in [1.807, 2.05) is 61.0 Å². The van der Waals surface area contributed by atoms with Crippen LogP contribution in [0.15, 0.2) is 52.9 Å². The number of likely N-dealkylation sites (tertiary alicyclic amines) is 1. The number of likely N-dealkylation sites (N-methyl/N-ethyl adjacent to an activating group) is 1. The number of hydrogen-bond donors (Lipinski definition) is 1. The molecular formula is C36H36ClN7O2. The van der Waals surface area contributed by atoms with Crippen molar-refractivity contribution < 1.29 is 9.21 Å². The number of nitrogens with one attached hydrogen (secondary N) is 1. The maximum atomic E-state index is 13.4. The van der Waals surface area contributed by atoms with Crippen LogP contribution in [0.25, 0.3) is 33.7 Å². The van der Waals surface area contributed by atoms with Gasteiger partial charge in [0.1, 0.15) is 11.6 Å². The van der Waals surface area contributed by atoms with Gasteiger partial charge >= 0.3 is 0 Å². The van der Waals surface area contributed by atoms with E-state index >= 15 is 0 Å². The largest absolute Gasteiger partial charge is 0.435 e. The lowest BCUT2D eigenvalue weighted by atomic mass is 9.96. The van der Waals surface area contributed by atoms with Crippen molar-refractivity contribution in [2.45, 2.75) is 39.8 Å². The monoisotopic (exact) mass is 633 g/mol. The maximum absolute atomic E-state index is 13.4. The summed E-state index contributed by atoms with van der Waals surface area (Å²) in [6.07, 6.45) is 2.05. The van der Waals surface area contributed by atoms with Crippen molar-refractivity contribution in [2.24, 2.45) is 13.0 Å². The van der Waals surface area contributed by atoms with Crippen molar-refractivity contribution in [3.05, 3.63) is 87.5 Å². The lowest BCUT2D eigenvalue weighted by Crippen LogP contribution is -2.27. The van der Waals surface area contributed by atoms with Crippen LogP contribution < -0.4 is 5.32 Å². The summed E-state index contributed by atoms with van der Waals surface area (Å²) in [6, 6.07) is 17.8. The highest BCUT2D eigenvalue weighted by atomic mass is 35.5. The van der Waals surface area contributed by atoms with E-state index in [0.717, 1.165) is 78.3 Å². The van der Waals surface area contributed by atoms with Crippen molar-refractivity contribution >= 4 is 34.3 Å². The number of carbonyl (C=O) groups excluding carboxylic acids is 1. The summed E-state index contributed by atoms with van der Waals surface area (Å²) in [5.74, 6) is 1.20. The van der Waals surface area contributed by atoms with E-state index in [0.29, 0.717) is 45.0 Å². The van der Waals surface area contributed by atoms with Crippen molar-refractivity contribution in [1.29, 1.82) is 5.26 Å². The van der Waals surface area contributed by atoms with Gasteiger partial charge in [-0.15, -0.1) is 0 Å². The molecule has 1 unspecified atom stereocenters. The van der Waals surface area contributed by atoms with Crippen LogP contribution in [-0.2, 0) is 26.6 Å². The summed E-state index contributed by atoms with van der Waals surface area (Å²) < 4.78 is 8.13. The number of fused-ring (bicyclic) bond motifs is 2. The highest BCUT2D eigenvalue weighted by Gasteiger charge is 2.25. The number of imidazole rings is 1. The van der Waals surface area contributed by atoms with Crippen LogP contribution in [-0.4, -0.2) is 56.9 Å². The van der Waals surface area contributed by atoms with E-state index in [2.05, 4.69) is 40.1 Å². The molecule has 9 nitrogen and oxygen atoms in total. The zero-order valence-corrected chi connectivity index (χ0v) is 27.3. The normalized spacial score (nSPS) is 16.9. The Hall–Kier alpha value is -4.49. The number of carbonyl (C=O) groups is 1. The molecule has 2 aromatic heterocycles. The average Bonchev–Trinajstić information content (AvgIpc) is 3.74. The van der Waals surface area contributed by atoms with E-state index in [9.17, 15) is 10.1 Å². The topological polar surface area (TPSA) is 103 Å². The molecule has 1 atom stereocenters. The third-order valence-corrected chi connectivity index (χ3v) is 9.74. The van der Waals surface area contributed by atoms with Gasteiger partial charge in [0, 0.05) is 56.5 Å². The standard InChI is InChI=1S/C36H36ClN7O2/c1-21-11-14-44(18-21)19-23-15-24(17-38)33-29(16-23)41-36(46-33)26-8-5-7-25(22(26)2)27-9-6-10-28(32(27)37)40-35(45)34-39-30-20-42(3)13-12-31(30)43(34)4/h5-10,15-16,21H,11-14,18-20H2,1-4H3,(H,40,45). The summed E-state index contributed by atoms with van der Waals surface area (Å²) in [4.78, 5) is 27.5. The summed E-state index contributed by atoms with van der Waals surface area (Å²) >= 11 is 6.98. The first-order valence-corrected chi connectivity index (χ1v) is 16.1. The molecule has 10 heteroatoms. The van der Waals surface area contributed by atoms with E-state index < -0.39 is 0 Å². The fourth-order valence-corrected chi connectivity index (χ4v) is 7.12. The Morgan fingerprint density at radius 1 is 1.11 bits per heavy atom. The summed E-state index contributed by atoms with van der Waals surface area (Å²) in [7, 11) is 3.94. The van der Waals surface area contributed by atoms with Gasteiger partial charge in [-0.25, -0.2) is 9.97 Å². The molecular weight excluding hydrogens is 598 g/mol. The van der Waals surface area contributed by atoms with Crippen molar-refractivity contribution in [3.63, 3.8) is 0 Å². The molecule has 4 heterocycles. The van der Waals surface area contributed by atoms with Crippen LogP contribution in [0.2, 0.25) is 5.02 Å². The molecule has 0 saturated carbocycles. The molecule has 5 aromatic rings. The molecule has 1 saturated heterocycles. The quantitative estimate of drug-likeness (QED) is 0.219. The molecule has 0 radical (unpaired) electrons. The Morgan fingerprint density at radius 3 is 2.67 bits per heavy atom. The number of benzene rings is 3. The van der Waals surface area contributed by atoms with Gasteiger partial charge < -0.3 is 19.2 Å². The van der Waals surface area contributed by atoms with Crippen LogP contribution in [0.5, 0.6) is 0 Å². The second kappa shape index (κ2) is 12.0. The van der Waals surface area contributed by atoms with Gasteiger partial charge in [-0.05, 0) is 73.8 Å². The van der Waals surface area contributed by atoms with Gasteiger partial charge in [0.15, 0.2) is 11.4 Å². The van der Waals surface area contributed by atoms with Gasteiger partial charge in [-0.1, -0.05) is 42.8 Å². The fourth-order valence-electron chi connectivity index (χ4n) is 6.84. The summed E-state index contributed by atoms with van der Waals surface area (Å²) in [6.45, 7) is 8.84. The summed E-state index contributed by atoms with van der Waals surface area (Å²) in [5, 5.41) is 13.4. The third kappa shape index (κ3) is 5.47. The number of aromatic nitrogens is 3. The number of nitriles is 1. The number of amides is 1. The lowest BCUT2D eigenvalue weighted by Gasteiger charge is -2.21. The molecule has 46 heavy (non-hydrogen) atoms. The van der Waals surface area contributed by atoms with Crippen molar-refractivity contribution in [2.75, 3.05) is 32.0 Å². The Labute approximate surface area is 273 Å². The minimum Gasteiger partial charge on any atom is -0.435 e. The van der Waals surface area contributed by atoms with E-state index in [4.69, 9.17) is 21.0 Å². The molecule has 1 fully saturated rings. The second-order valence-electron chi connectivity index (χ2n) is 12.7. The Bertz CT molecular complexity index is 2040. The predicted molar refractivity (Wildman–Crippen MR) is 180 cm³/mol. The first-order chi connectivity index (χ1) is 22.2.